The Morgan fingerprint density at radius 1 is 0.380 bits per heavy atom. The fraction of sp³-hybridized carbons (Fsp3) is 0.0732. The zero-order chi connectivity index (χ0) is 34.8. The van der Waals surface area contributed by atoms with Crippen molar-refractivity contribution in [3.8, 4) is 17.2 Å². The van der Waals surface area contributed by atoms with Gasteiger partial charge < -0.3 is 14.2 Å². The second-order valence-electron chi connectivity index (χ2n) is 12.0. The molecule has 0 saturated carbocycles. The minimum absolute atomic E-state index is 0.139. The Hall–Kier alpha value is -5.64. The average molecular weight is 699 g/mol. The smallest absolute Gasteiger partial charge is 0.207 e. The third-order valence-electron chi connectivity index (χ3n) is 9.37. The predicted molar refractivity (Wildman–Crippen MR) is 197 cm³/mol. The highest BCUT2D eigenvalue weighted by molar-refractivity contribution is 7.92. The molecule has 0 spiro atoms. The van der Waals surface area contributed by atoms with E-state index in [4.69, 9.17) is 14.2 Å². The van der Waals surface area contributed by atoms with E-state index in [1.54, 1.807) is 79.9 Å². The summed E-state index contributed by atoms with van der Waals surface area (Å²) in [7, 11) is -3.33. The van der Waals surface area contributed by atoms with Crippen molar-refractivity contribution in [3.63, 3.8) is 0 Å². The van der Waals surface area contributed by atoms with E-state index in [0.717, 1.165) is 26.9 Å². The summed E-state index contributed by atoms with van der Waals surface area (Å²) in [6.45, 7) is 0. The van der Waals surface area contributed by atoms with Gasteiger partial charge in [-0.3, -0.25) is 0 Å². The minimum Gasteiger partial charge on any atom is -0.497 e. The second kappa shape index (κ2) is 11.8. The Balaban J connectivity index is 1.53. The van der Waals surface area contributed by atoms with Gasteiger partial charge in [-0.15, -0.1) is 0 Å². The molecule has 9 heteroatoms. The first-order chi connectivity index (χ1) is 24.1. The summed E-state index contributed by atoms with van der Waals surface area (Å²) < 4.78 is 73.5. The van der Waals surface area contributed by atoms with Gasteiger partial charge in [0.05, 0.1) is 40.9 Å². The van der Waals surface area contributed by atoms with E-state index in [2.05, 4.69) is 0 Å². The van der Waals surface area contributed by atoms with E-state index >= 15 is 0 Å². The van der Waals surface area contributed by atoms with Crippen molar-refractivity contribution in [1.82, 2.24) is 0 Å². The fourth-order valence-electron chi connectivity index (χ4n) is 6.90. The molecule has 0 atom stereocenters. The molecule has 8 aromatic carbocycles. The van der Waals surface area contributed by atoms with Crippen LogP contribution in [-0.4, -0.2) is 38.2 Å². The largest absolute Gasteiger partial charge is 0.497 e. The van der Waals surface area contributed by atoms with Gasteiger partial charge in [0.1, 0.15) is 17.2 Å². The molecule has 248 valence electrons. The minimum atomic E-state index is -3.98. The standard InChI is InChI=1S/C41H30O7S2/c1-46-28-11-16-31(17-12-28)49(42,43)37-22-26-8-9-27-23-38(50(44,45)32-18-13-29(47-2)14-19-32)35-20-10-25-6-4-5-7-33(25)41(35)40(27)39(26)36-24-30(48-3)15-21-34(36)37/h4-24H,1-3H3. The van der Waals surface area contributed by atoms with Gasteiger partial charge in [-0.05, 0) is 122 Å². The van der Waals surface area contributed by atoms with Gasteiger partial charge in [0.25, 0.3) is 0 Å². The summed E-state index contributed by atoms with van der Waals surface area (Å²) in [5.74, 6) is 1.67. The zero-order valence-electron chi connectivity index (χ0n) is 27.3. The Labute approximate surface area is 289 Å². The lowest BCUT2D eigenvalue weighted by atomic mass is 9.90. The molecule has 0 aliphatic heterocycles. The Morgan fingerprint density at radius 3 is 1.44 bits per heavy atom. The summed E-state index contributed by atoms with van der Waals surface area (Å²) in [6, 6.07) is 36.9. The summed E-state index contributed by atoms with van der Waals surface area (Å²) >= 11 is 0. The molecule has 8 aromatic rings. The Morgan fingerprint density at radius 2 is 0.860 bits per heavy atom. The highest BCUT2D eigenvalue weighted by atomic mass is 32.2. The highest BCUT2D eigenvalue weighted by Crippen LogP contribution is 2.45. The normalized spacial score (nSPS) is 12.2. The molecule has 0 radical (unpaired) electrons. The van der Waals surface area contributed by atoms with Crippen LogP contribution < -0.4 is 14.2 Å². The van der Waals surface area contributed by atoms with Crippen LogP contribution in [0.25, 0.3) is 53.9 Å². The lowest BCUT2D eigenvalue weighted by molar-refractivity contribution is 0.414. The molecule has 0 N–H and O–H groups in total. The van der Waals surface area contributed by atoms with E-state index in [9.17, 15) is 16.8 Å². The molecular weight excluding hydrogens is 669 g/mol. The van der Waals surface area contributed by atoms with E-state index < -0.39 is 19.7 Å². The lowest BCUT2D eigenvalue weighted by Crippen LogP contribution is -2.05. The number of sulfone groups is 2. The Bertz CT molecular complexity index is 2880. The molecule has 0 fully saturated rings. The molecule has 0 amide bonds. The Kier molecular flexibility index (Phi) is 7.43. The molecule has 7 nitrogen and oxygen atoms in total. The maximum Gasteiger partial charge on any atom is 0.207 e. The van der Waals surface area contributed by atoms with Crippen molar-refractivity contribution in [2.75, 3.05) is 21.3 Å². The van der Waals surface area contributed by atoms with Crippen LogP contribution in [0.4, 0.5) is 0 Å². The molecule has 0 saturated heterocycles. The number of ether oxygens (including phenoxy) is 3. The van der Waals surface area contributed by atoms with Crippen molar-refractivity contribution >= 4 is 73.5 Å². The molecule has 8 rings (SSSR count). The van der Waals surface area contributed by atoms with Crippen LogP contribution in [0.15, 0.2) is 147 Å². The van der Waals surface area contributed by atoms with Gasteiger partial charge in [0, 0.05) is 10.8 Å². The van der Waals surface area contributed by atoms with E-state index in [0.29, 0.717) is 44.2 Å². The van der Waals surface area contributed by atoms with Crippen molar-refractivity contribution in [3.05, 3.63) is 127 Å². The number of rotatable bonds is 7. The molecule has 0 bridgehead atoms. The molecule has 0 unspecified atom stereocenters. The maximum absolute atomic E-state index is 14.4. The van der Waals surface area contributed by atoms with Crippen molar-refractivity contribution in [2.24, 2.45) is 0 Å². The van der Waals surface area contributed by atoms with Crippen LogP contribution in [-0.2, 0) is 19.7 Å². The first kappa shape index (κ1) is 31.6. The molecule has 50 heavy (non-hydrogen) atoms. The molecular formula is C41H30O7S2. The molecule has 0 aliphatic carbocycles. The summed E-state index contributed by atoms with van der Waals surface area (Å²) in [4.78, 5) is 0.618. The SMILES string of the molecule is COc1ccc(S(=O)(=O)c2cc3ccc4cc(S(=O)(=O)c5ccc(OC)cc5)c5ccc6ccccc6c5c4c3c3cc(OC)ccc23)cc1. The van der Waals surface area contributed by atoms with E-state index in [1.807, 2.05) is 54.6 Å². The number of benzene rings is 8. The summed E-state index contributed by atoms with van der Waals surface area (Å²) in [6.07, 6.45) is 0. The van der Waals surface area contributed by atoms with Crippen molar-refractivity contribution in [1.29, 1.82) is 0 Å². The topological polar surface area (TPSA) is 96.0 Å². The van der Waals surface area contributed by atoms with Crippen LogP contribution in [0.3, 0.4) is 0 Å². The first-order valence-corrected chi connectivity index (χ1v) is 18.7. The van der Waals surface area contributed by atoms with Gasteiger partial charge >= 0.3 is 0 Å². The average Bonchev–Trinajstić information content (AvgIpc) is 3.16. The van der Waals surface area contributed by atoms with E-state index in [-0.39, 0.29) is 19.6 Å². The van der Waals surface area contributed by atoms with Gasteiger partial charge in [-0.1, -0.05) is 48.5 Å². The van der Waals surface area contributed by atoms with Crippen molar-refractivity contribution in [2.45, 2.75) is 19.6 Å². The van der Waals surface area contributed by atoms with Crippen molar-refractivity contribution < 1.29 is 31.0 Å². The molecule has 0 heterocycles. The van der Waals surface area contributed by atoms with Gasteiger partial charge in [-0.25, -0.2) is 16.8 Å². The maximum atomic E-state index is 14.4. The monoisotopic (exact) mass is 698 g/mol. The van der Waals surface area contributed by atoms with Crippen LogP contribution in [0, 0.1) is 0 Å². The van der Waals surface area contributed by atoms with Gasteiger partial charge in [0.2, 0.25) is 19.7 Å². The number of methoxy groups -OCH3 is 3. The highest BCUT2D eigenvalue weighted by Gasteiger charge is 2.27. The number of hydrogen-bond donors (Lipinski definition) is 0. The third kappa shape index (κ3) is 4.84. The molecule has 0 aliphatic rings. The number of fused-ring (bicyclic) bond motifs is 9. The zero-order valence-corrected chi connectivity index (χ0v) is 28.9. The van der Waals surface area contributed by atoms with Gasteiger partial charge in [-0.2, -0.15) is 0 Å². The molecule has 0 aromatic heterocycles. The van der Waals surface area contributed by atoms with Crippen LogP contribution in [0.1, 0.15) is 0 Å². The van der Waals surface area contributed by atoms with Crippen LogP contribution in [0.2, 0.25) is 0 Å². The summed E-state index contributed by atoms with van der Waals surface area (Å²) in [5, 5.41) is 7.31. The lowest BCUT2D eigenvalue weighted by Gasteiger charge is -2.18. The second-order valence-corrected chi connectivity index (χ2v) is 15.8. The fourth-order valence-corrected chi connectivity index (χ4v) is 9.89. The van der Waals surface area contributed by atoms with Gasteiger partial charge in [0.15, 0.2) is 0 Å². The van der Waals surface area contributed by atoms with Crippen LogP contribution in [0.5, 0.6) is 17.2 Å². The summed E-state index contributed by atoms with van der Waals surface area (Å²) in [5.41, 5.74) is 0. The van der Waals surface area contributed by atoms with E-state index in [1.165, 1.54) is 14.2 Å². The number of hydrogen-bond acceptors (Lipinski definition) is 7. The van der Waals surface area contributed by atoms with Crippen LogP contribution >= 0.6 is 0 Å². The predicted octanol–water partition coefficient (Wildman–Crippen LogP) is 9.14. The quantitative estimate of drug-likeness (QED) is 0.153. The third-order valence-corrected chi connectivity index (χ3v) is 13.0. The first-order valence-electron chi connectivity index (χ1n) is 15.8.